The minimum atomic E-state index is 0.103. The van der Waals surface area contributed by atoms with E-state index in [9.17, 15) is 0 Å². The predicted molar refractivity (Wildman–Crippen MR) is 77.6 cm³/mol. The maximum atomic E-state index is 9.08. The molecule has 2 heterocycles. The summed E-state index contributed by atoms with van der Waals surface area (Å²) < 4.78 is 1.89. The summed E-state index contributed by atoms with van der Waals surface area (Å²) in [5, 5.41) is 25.7. The number of nitriles is 1. The molecule has 0 spiro atoms. The first kappa shape index (κ1) is 13.6. The van der Waals surface area contributed by atoms with E-state index in [0.29, 0.717) is 12.2 Å². The van der Waals surface area contributed by atoms with Crippen LogP contribution in [0.25, 0.3) is 0 Å². The van der Waals surface area contributed by atoms with Crippen molar-refractivity contribution in [3.63, 3.8) is 0 Å². The Hall–Kier alpha value is -2.39. The summed E-state index contributed by atoms with van der Waals surface area (Å²) in [5.41, 5.74) is 3.72. The SMILES string of the molecule is N#Cc1ccc(NC2CCCc3c2cnn3CCO)cn1. The monoisotopic (exact) mass is 283 g/mol. The van der Waals surface area contributed by atoms with Gasteiger partial charge in [0.05, 0.1) is 37.3 Å². The Labute approximate surface area is 123 Å². The van der Waals surface area contributed by atoms with E-state index in [1.165, 1.54) is 11.3 Å². The van der Waals surface area contributed by atoms with Crippen LogP contribution in [-0.4, -0.2) is 26.5 Å². The van der Waals surface area contributed by atoms with Crippen molar-refractivity contribution >= 4 is 5.69 Å². The molecule has 6 heteroatoms. The Morgan fingerprint density at radius 3 is 3.05 bits per heavy atom. The summed E-state index contributed by atoms with van der Waals surface area (Å²) in [6.45, 7) is 0.645. The van der Waals surface area contributed by atoms with Crippen LogP contribution in [0.1, 0.15) is 35.8 Å². The van der Waals surface area contributed by atoms with Gasteiger partial charge >= 0.3 is 0 Å². The van der Waals surface area contributed by atoms with Gasteiger partial charge in [0.2, 0.25) is 0 Å². The summed E-state index contributed by atoms with van der Waals surface area (Å²) in [7, 11) is 0. The number of nitrogens with zero attached hydrogens (tertiary/aromatic N) is 4. The smallest absolute Gasteiger partial charge is 0.140 e. The van der Waals surface area contributed by atoms with Gasteiger partial charge < -0.3 is 10.4 Å². The fraction of sp³-hybridized carbons (Fsp3) is 0.400. The van der Waals surface area contributed by atoms with E-state index in [0.717, 1.165) is 24.9 Å². The van der Waals surface area contributed by atoms with Gasteiger partial charge in [0, 0.05) is 11.3 Å². The Balaban J connectivity index is 1.80. The molecule has 0 saturated carbocycles. The van der Waals surface area contributed by atoms with E-state index in [1.54, 1.807) is 12.3 Å². The average Bonchev–Trinajstić information content (AvgIpc) is 2.93. The molecule has 2 aromatic heterocycles. The van der Waals surface area contributed by atoms with Gasteiger partial charge in [0.15, 0.2) is 0 Å². The minimum Gasteiger partial charge on any atom is -0.394 e. The Bertz CT molecular complexity index is 656. The van der Waals surface area contributed by atoms with E-state index >= 15 is 0 Å². The summed E-state index contributed by atoms with van der Waals surface area (Å²) in [6.07, 6.45) is 6.70. The van der Waals surface area contributed by atoms with Crippen LogP contribution in [0, 0.1) is 11.3 Å². The van der Waals surface area contributed by atoms with Crippen molar-refractivity contribution in [3.05, 3.63) is 41.5 Å². The predicted octanol–water partition coefficient (Wildman–Crippen LogP) is 1.63. The van der Waals surface area contributed by atoms with Crippen LogP contribution in [0.4, 0.5) is 5.69 Å². The van der Waals surface area contributed by atoms with Crippen LogP contribution in [0.15, 0.2) is 24.5 Å². The lowest BCUT2D eigenvalue weighted by Crippen LogP contribution is -2.19. The van der Waals surface area contributed by atoms with E-state index in [-0.39, 0.29) is 12.6 Å². The largest absolute Gasteiger partial charge is 0.394 e. The van der Waals surface area contributed by atoms with Gasteiger partial charge in [0.25, 0.3) is 0 Å². The lowest BCUT2D eigenvalue weighted by molar-refractivity contribution is 0.266. The molecule has 6 nitrogen and oxygen atoms in total. The molecule has 1 aliphatic rings. The lowest BCUT2D eigenvalue weighted by Gasteiger charge is -2.25. The first-order chi connectivity index (χ1) is 10.3. The Kier molecular flexibility index (Phi) is 3.84. The molecule has 1 atom stereocenters. The molecule has 21 heavy (non-hydrogen) atoms. The van der Waals surface area contributed by atoms with Gasteiger partial charge in [-0.15, -0.1) is 0 Å². The maximum Gasteiger partial charge on any atom is 0.140 e. The van der Waals surface area contributed by atoms with Crippen LogP contribution in [0.2, 0.25) is 0 Å². The third-order valence-corrected chi connectivity index (χ3v) is 3.79. The van der Waals surface area contributed by atoms with E-state index in [2.05, 4.69) is 15.4 Å². The second-order valence-corrected chi connectivity index (χ2v) is 5.13. The molecular formula is C15H17N5O. The normalized spacial score (nSPS) is 17.0. The number of hydrogen-bond donors (Lipinski definition) is 2. The molecule has 2 N–H and O–H groups in total. The molecule has 0 aromatic carbocycles. The standard InChI is InChI=1S/C15H17N5O/c16-8-11-4-5-12(9-17-11)19-14-2-1-3-15-13(14)10-18-20(15)6-7-21/h4-5,9-10,14,19,21H,1-3,6-7H2. The highest BCUT2D eigenvalue weighted by molar-refractivity contribution is 5.46. The zero-order valence-corrected chi connectivity index (χ0v) is 11.7. The van der Waals surface area contributed by atoms with Crippen LogP contribution in [-0.2, 0) is 13.0 Å². The number of pyridine rings is 1. The average molecular weight is 283 g/mol. The third kappa shape index (κ3) is 2.73. The van der Waals surface area contributed by atoms with E-state index < -0.39 is 0 Å². The van der Waals surface area contributed by atoms with Crippen molar-refractivity contribution in [2.24, 2.45) is 0 Å². The zero-order chi connectivity index (χ0) is 14.7. The number of rotatable bonds is 4. The Morgan fingerprint density at radius 1 is 1.43 bits per heavy atom. The van der Waals surface area contributed by atoms with Crippen molar-refractivity contribution in [3.8, 4) is 6.07 Å². The number of hydrogen-bond acceptors (Lipinski definition) is 5. The summed E-state index contributed by atoms with van der Waals surface area (Å²) in [4.78, 5) is 4.08. The van der Waals surface area contributed by atoms with Gasteiger partial charge in [-0.3, -0.25) is 4.68 Å². The quantitative estimate of drug-likeness (QED) is 0.890. The number of fused-ring (bicyclic) bond motifs is 1. The minimum absolute atomic E-state index is 0.103. The first-order valence-electron chi connectivity index (χ1n) is 7.10. The fourth-order valence-electron chi connectivity index (χ4n) is 2.80. The zero-order valence-electron chi connectivity index (χ0n) is 11.7. The van der Waals surface area contributed by atoms with E-state index in [1.807, 2.05) is 23.0 Å². The molecule has 0 bridgehead atoms. The number of anilines is 1. The molecule has 0 amide bonds. The highest BCUT2D eigenvalue weighted by Gasteiger charge is 2.24. The second-order valence-electron chi connectivity index (χ2n) is 5.13. The second kappa shape index (κ2) is 5.94. The van der Waals surface area contributed by atoms with Gasteiger partial charge in [-0.25, -0.2) is 4.98 Å². The number of aromatic nitrogens is 3. The molecule has 108 valence electrons. The van der Waals surface area contributed by atoms with Crippen molar-refractivity contribution in [2.75, 3.05) is 11.9 Å². The molecule has 3 rings (SSSR count). The summed E-state index contributed by atoms with van der Waals surface area (Å²) >= 11 is 0. The molecule has 1 unspecified atom stereocenters. The van der Waals surface area contributed by atoms with Crippen LogP contribution < -0.4 is 5.32 Å². The highest BCUT2D eigenvalue weighted by atomic mass is 16.3. The molecule has 0 fully saturated rings. The van der Waals surface area contributed by atoms with Crippen molar-refractivity contribution in [1.29, 1.82) is 5.26 Å². The highest BCUT2D eigenvalue weighted by Crippen LogP contribution is 2.32. The van der Waals surface area contributed by atoms with Crippen LogP contribution in [0.3, 0.4) is 0 Å². The maximum absolute atomic E-state index is 9.08. The third-order valence-electron chi connectivity index (χ3n) is 3.79. The van der Waals surface area contributed by atoms with Crippen LogP contribution >= 0.6 is 0 Å². The summed E-state index contributed by atoms with van der Waals surface area (Å²) in [6, 6.07) is 5.80. The van der Waals surface area contributed by atoms with Crippen molar-refractivity contribution in [1.82, 2.24) is 14.8 Å². The van der Waals surface area contributed by atoms with Crippen LogP contribution in [0.5, 0.6) is 0 Å². The van der Waals surface area contributed by atoms with Gasteiger partial charge in [0.1, 0.15) is 11.8 Å². The summed E-state index contributed by atoms with van der Waals surface area (Å²) in [5.74, 6) is 0. The number of nitrogens with one attached hydrogen (secondary N) is 1. The molecule has 1 aliphatic carbocycles. The Morgan fingerprint density at radius 2 is 2.33 bits per heavy atom. The molecule has 2 aromatic rings. The lowest BCUT2D eigenvalue weighted by atomic mass is 9.93. The number of aliphatic hydroxyl groups excluding tert-OH is 1. The van der Waals surface area contributed by atoms with Crippen molar-refractivity contribution in [2.45, 2.75) is 31.8 Å². The number of aliphatic hydroxyl groups is 1. The fourth-order valence-corrected chi connectivity index (χ4v) is 2.80. The van der Waals surface area contributed by atoms with Gasteiger partial charge in [-0.2, -0.15) is 10.4 Å². The van der Waals surface area contributed by atoms with E-state index in [4.69, 9.17) is 10.4 Å². The van der Waals surface area contributed by atoms with Gasteiger partial charge in [-0.05, 0) is 31.4 Å². The molecule has 0 aliphatic heterocycles. The molecular weight excluding hydrogens is 266 g/mol. The van der Waals surface area contributed by atoms with Crippen molar-refractivity contribution < 1.29 is 5.11 Å². The molecule has 0 radical (unpaired) electrons. The first-order valence-corrected chi connectivity index (χ1v) is 7.10. The topological polar surface area (TPSA) is 86.8 Å². The van der Waals surface area contributed by atoms with Gasteiger partial charge in [-0.1, -0.05) is 0 Å². The molecule has 0 saturated heterocycles.